The highest BCUT2D eigenvalue weighted by Crippen LogP contribution is 2.23. The van der Waals surface area contributed by atoms with Crippen LogP contribution in [0.15, 0.2) is 24.3 Å². The van der Waals surface area contributed by atoms with Crippen molar-refractivity contribution in [2.45, 2.75) is 31.3 Å². The lowest BCUT2D eigenvalue weighted by atomic mass is 10.0. The van der Waals surface area contributed by atoms with Gasteiger partial charge in [-0.15, -0.1) is 0 Å². The number of nitrogens with one attached hydrogen (secondary N) is 2. The van der Waals surface area contributed by atoms with E-state index in [2.05, 4.69) is 10.6 Å². The Bertz CT molecular complexity index is 785. The number of sulfone groups is 1. The number of carbonyl (C=O) groups excluding carboxylic acids is 2. The first-order valence-electron chi connectivity index (χ1n) is 8.22. The highest BCUT2D eigenvalue weighted by Gasteiger charge is 2.40. The predicted molar refractivity (Wildman–Crippen MR) is 106 cm³/mol. The molecule has 144 valence electrons. The number of carbonyl (C=O) groups is 2. The summed E-state index contributed by atoms with van der Waals surface area (Å²) in [6.45, 7) is 1.72. The van der Waals surface area contributed by atoms with Crippen molar-refractivity contribution in [3.63, 3.8) is 0 Å². The average Bonchev–Trinajstić information content (AvgIpc) is 2.84. The smallest absolute Gasteiger partial charge is 0.253 e. The van der Waals surface area contributed by atoms with Crippen LogP contribution >= 0.6 is 23.4 Å². The van der Waals surface area contributed by atoms with Gasteiger partial charge in [-0.2, -0.15) is 11.8 Å². The molecule has 2 atom stereocenters. The van der Waals surface area contributed by atoms with E-state index in [1.807, 2.05) is 6.26 Å². The summed E-state index contributed by atoms with van der Waals surface area (Å²) in [4.78, 5) is 25.2. The van der Waals surface area contributed by atoms with E-state index in [0.29, 0.717) is 29.2 Å². The lowest BCUT2D eigenvalue weighted by molar-refractivity contribution is -0.124. The molecule has 0 radical (unpaired) electrons. The Labute approximate surface area is 163 Å². The molecule has 0 aromatic heterocycles. The second-order valence-corrected chi connectivity index (χ2v) is 10.3. The zero-order valence-electron chi connectivity index (χ0n) is 14.7. The van der Waals surface area contributed by atoms with Gasteiger partial charge >= 0.3 is 0 Å². The average molecular weight is 419 g/mol. The van der Waals surface area contributed by atoms with Crippen molar-refractivity contribution >= 4 is 45.0 Å². The third-order valence-electron chi connectivity index (χ3n) is 4.28. The summed E-state index contributed by atoms with van der Waals surface area (Å²) in [5.74, 6) is -0.152. The highest BCUT2D eigenvalue weighted by molar-refractivity contribution is 7.98. The lowest BCUT2D eigenvalue weighted by Crippen LogP contribution is -2.55. The molecule has 1 aromatic carbocycles. The van der Waals surface area contributed by atoms with Gasteiger partial charge in [-0.3, -0.25) is 9.59 Å². The molecule has 0 saturated carbocycles. The van der Waals surface area contributed by atoms with Crippen molar-refractivity contribution in [3.8, 4) is 0 Å². The first-order valence-corrected chi connectivity index (χ1v) is 11.8. The molecule has 9 heteroatoms. The lowest BCUT2D eigenvalue weighted by Gasteiger charge is -2.27. The number of rotatable bonds is 7. The van der Waals surface area contributed by atoms with Crippen LogP contribution in [0.1, 0.15) is 30.1 Å². The Kier molecular flexibility index (Phi) is 6.99. The quantitative estimate of drug-likeness (QED) is 0.705. The zero-order valence-corrected chi connectivity index (χ0v) is 17.1. The fourth-order valence-electron chi connectivity index (χ4n) is 2.88. The van der Waals surface area contributed by atoms with Crippen LogP contribution in [0, 0.1) is 0 Å². The third-order valence-corrected chi connectivity index (χ3v) is 7.16. The van der Waals surface area contributed by atoms with Crippen LogP contribution in [0.3, 0.4) is 0 Å². The summed E-state index contributed by atoms with van der Waals surface area (Å²) in [5.41, 5.74) is -0.506. The van der Waals surface area contributed by atoms with Gasteiger partial charge in [0.1, 0.15) is 6.04 Å². The Morgan fingerprint density at radius 1 is 1.35 bits per heavy atom. The molecule has 0 spiro atoms. The van der Waals surface area contributed by atoms with E-state index in [-0.39, 0.29) is 17.4 Å². The normalized spacial score (nSPS) is 22.6. The van der Waals surface area contributed by atoms with E-state index in [1.165, 1.54) is 0 Å². The van der Waals surface area contributed by atoms with E-state index in [1.54, 1.807) is 43.0 Å². The van der Waals surface area contributed by atoms with Crippen molar-refractivity contribution in [3.05, 3.63) is 34.9 Å². The summed E-state index contributed by atoms with van der Waals surface area (Å²) in [7, 11) is -3.14. The molecular formula is C17H23ClN2O4S2. The monoisotopic (exact) mass is 418 g/mol. The van der Waals surface area contributed by atoms with Crippen molar-refractivity contribution in [2.24, 2.45) is 0 Å². The SMILES string of the molecule is CSCCC(NC(=O)c1ccccc1Cl)C(=O)NC1(C)CCS(=O)(=O)C1. The molecule has 1 heterocycles. The van der Waals surface area contributed by atoms with Crippen LogP contribution in [-0.2, 0) is 14.6 Å². The molecule has 1 saturated heterocycles. The molecule has 2 N–H and O–H groups in total. The first-order chi connectivity index (χ1) is 12.2. The third kappa shape index (κ3) is 5.62. The molecule has 1 aliphatic heterocycles. The molecule has 2 unspecified atom stereocenters. The molecule has 2 rings (SSSR count). The Hall–Kier alpha value is -1.25. The molecule has 0 bridgehead atoms. The van der Waals surface area contributed by atoms with Gasteiger partial charge in [0.25, 0.3) is 5.91 Å². The molecule has 1 aliphatic rings. The fraction of sp³-hybridized carbons (Fsp3) is 0.529. The first kappa shape index (κ1) is 21.1. The summed E-state index contributed by atoms with van der Waals surface area (Å²) in [5, 5.41) is 5.85. The molecule has 0 aliphatic carbocycles. The van der Waals surface area contributed by atoms with Gasteiger partial charge in [0, 0.05) is 0 Å². The Morgan fingerprint density at radius 2 is 2.04 bits per heavy atom. The van der Waals surface area contributed by atoms with E-state index < -0.39 is 27.3 Å². The number of hydrogen-bond donors (Lipinski definition) is 2. The van der Waals surface area contributed by atoms with Crippen molar-refractivity contribution < 1.29 is 18.0 Å². The number of thioether (sulfide) groups is 1. The highest BCUT2D eigenvalue weighted by atomic mass is 35.5. The van der Waals surface area contributed by atoms with Gasteiger partial charge in [-0.05, 0) is 43.9 Å². The maximum atomic E-state index is 12.7. The van der Waals surface area contributed by atoms with Crippen LogP contribution in [0.25, 0.3) is 0 Å². The summed E-state index contributed by atoms with van der Waals surface area (Å²) in [6, 6.07) is 5.86. The van der Waals surface area contributed by atoms with Crippen LogP contribution in [0.2, 0.25) is 5.02 Å². The summed E-state index contributed by atoms with van der Waals surface area (Å²) in [6.07, 6.45) is 2.72. The molecule has 26 heavy (non-hydrogen) atoms. The van der Waals surface area contributed by atoms with Gasteiger partial charge in [0.2, 0.25) is 5.91 Å². The van der Waals surface area contributed by atoms with E-state index in [4.69, 9.17) is 11.6 Å². The van der Waals surface area contributed by atoms with Crippen molar-refractivity contribution in [1.82, 2.24) is 10.6 Å². The maximum Gasteiger partial charge on any atom is 0.253 e. The second-order valence-electron chi connectivity index (χ2n) is 6.68. The van der Waals surface area contributed by atoms with Gasteiger partial charge in [0.15, 0.2) is 9.84 Å². The van der Waals surface area contributed by atoms with E-state index in [9.17, 15) is 18.0 Å². The summed E-state index contributed by atoms with van der Waals surface area (Å²) >= 11 is 7.61. The van der Waals surface area contributed by atoms with Crippen LogP contribution < -0.4 is 10.6 Å². The minimum Gasteiger partial charge on any atom is -0.348 e. The number of hydrogen-bond acceptors (Lipinski definition) is 5. The minimum absolute atomic E-state index is 0.0608. The van der Waals surface area contributed by atoms with Crippen LogP contribution in [-0.4, -0.2) is 55.3 Å². The topological polar surface area (TPSA) is 92.3 Å². The van der Waals surface area contributed by atoms with E-state index in [0.717, 1.165) is 0 Å². The van der Waals surface area contributed by atoms with Crippen molar-refractivity contribution in [1.29, 1.82) is 0 Å². The fourth-order valence-corrected chi connectivity index (χ4v) is 5.67. The predicted octanol–water partition coefficient (Wildman–Crippen LogP) is 1.88. The Balaban J connectivity index is 2.10. The van der Waals surface area contributed by atoms with Gasteiger partial charge in [-0.1, -0.05) is 23.7 Å². The number of amides is 2. The maximum absolute atomic E-state index is 12.7. The Morgan fingerprint density at radius 3 is 2.62 bits per heavy atom. The van der Waals surface area contributed by atoms with Crippen LogP contribution in [0.5, 0.6) is 0 Å². The van der Waals surface area contributed by atoms with Gasteiger partial charge in [-0.25, -0.2) is 8.42 Å². The largest absolute Gasteiger partial charge is 0.348 e. The number of halogens is 1. The standard InChI is InChI=1S/C17H23ClN2O4S2/c1-17(8-10-26(23,24)11-17)20-16(22)14(7-9-25-2)19-15(21)12-5-3-4-6-13(12)18/h3-6,14H,7-11H2,1-2H3,(H,19,21)(H,20,22). The zero-order chi connectivity index (χ0) is 19.4. The second kappa shape index (κ2) is 8.63. The van der Waals surface area contributed by atoms with Crippen LogP contribution in [0.4, 0.5) is 0 Å². The number of benzene rings is 1. The van der Waals surface area contributed by atoms with Gasteiger partial charge in [0.05, 0.1) is 27.6 Å². The molecule has 6 nitrogen and oxygen atoms in total. The minimum atomic E-state index is -3.14. The molecule has 1 fully saturated rings. The summed E-state index contributed by atoms with van der Waals surface area (Å²) < 4.78 is 23.5. The molecule has 1 aromatic rings. The molecule has 2 amide bonds. The molecular weight excluding hydrogens is 396 g/mol. The van der Waals surface area contributed by atoms with Crippen molar-refractivity contribution in [2.75, 3.05) is 23.5 Å². The van der Waals surface area contributed by atoms with E-state index >= 15 is 0 Å². The van der Waals surface area contributed by atoms with Gasteiger partial charge < -0.3 is 10.6 Å².